The molecule has 0 spiro atoms. The normalized spacial score (nSPS) is 11.3. The highest BCUT2D eigenvalue weighted by molar-refractivity contribution is 7.88. The molecule has 1 aromatic rings. The van der Waals surface area contributed by atoms with Gasteiger partial charge in [-0.25, -0.2) is 22.9 Å². The smallest absolute Gasteiger partial charge is 0.354 e. The summed E-state index contributed by atoms with van der Waals surface area (Å²) in [5, 5.41) is 8.56. The molecule has 6 nitrogen and oxygen atoms in total. The first-order valence-electron chi connectivity index (χ1n) is 4.01. The first-order valence-corrected chi connectivity index (χ1v) is 5.90. The Morgan fingerprint density at radius 3 is 2.60 bits per heavy atom. The summed E-state index contributed by atoms with van der Waals surface area (Å²) in [6, 6.07) is 2.83. The third-order valence-corrected chi connectivity index (χ3v) is 2.25. The zero-order valence-electron chi connectivity index (χ0n) is 7.97. The fraction of sp³-hybridized carbons (Fsp3) is 0.250. The molecule has 0 amide bonds. The summed E-state index contributed by atoms with van der Waals surface area (Å²) in [4.78, 5) is 14.1. The van der Waals surface area contributed by atoms with Gasteiger partial charge >= 0.3 is 5.97 Å². The topological polar surface area (TPSA) is 96.4 Å². The maximum Gasteiger partial charge on any atom is 0.354 e. The van der Waals surface area contributed by atoms with Crippen LogP contribution in [0.25, 0.3) is 0 Å². The van der Waals surface area contributed by atoms with Crippen LogP contribution < -0.4 is 4.72 Å². The number of rotatable bonds is 4. The Morgan fingerprint density at radius 2 is 2.20 bits per heavy atom. The van der Waals surface area contributed by atoms with Crippen LogP contribution >= 0.6 is 0 Å². The van der Waals surface area contributed by atoms with Crippen molar-refractivity contribution in [3.63, 3.8) is 0 Å². The van der Waals surface area contributed by atoms with Gasteiger partial charge in [-0.1, -0.05) is 6.07 Å². The minimum Gasteiger partial charge on any atom is -0.477 e. The summed E-state index contributed by atoms with van der Waals surface area (Å²) in [5.74, 6) is -1.11. The number of nitrogens with one attached hydrogen (secondary N) is 1. The molecular formula is C8H10N2O4S. The fourth-order valence-corrected chi connectivity index (χ4v) is 1.30. The Morgan fingerprint density at radius 1 is 1.53 bits per heavy atom. The molecule has 0 radical (unpaired) electrons. The zero-order chi connectivity index (χ0) is 11.5. The lowest BCUT2D eigenvalue weighted by Gasteiger charge is -2.01. The summed E-state index contributed by atoms with van der Waals surface area (Å²) in [6.07, 6.45) is 2.37. The quantitative estimate of drug-likeness (QED) is 0.748. The van der Waals surface area contributed by atoms with E-state index in [1.165, 1.54) is 18.3 Å². The van der Waals surface area contributed by atoms with E-state index in [9.17, 15) is 13.2 Å². The maximum absolute atomic E-state index is 10.8. The Hall–Kier alpha value is -1.47. The van der Waals surface area contributed by atoms with Crippen molar-refractivity contribution in [2.24, 2.45) is 0 Å². The number of sulfonamides is 1. The molecule has 0 aliphatic heterocycles. The van der Waals surface area contributed by atoms with Gasteiger partial charge in [-0.3, -0.25) is 0 Å². The van der Waals surface area contributed by atoms with E-state index in [4.69, 9.17) is 5.11 Å². The molecule has 0 unspecified atom stereocenters. The van der Waals surface area contributed by atoms with Crippen LogP contribution in [0.1, 0.15) is 16.1 Å². The highest BCUT2D eigenvalue weighted by Gasteiger charge is 2.05. The predicted octanol–water partition coefficient (Wildman–Crippen LogP) is -0.171. The average Bonchev–Trinajstić information content (AvgIpc) is 2.14. The monoisotopic (exact) mass is 230 g/mol. The minimum absolute atomic E-state index is 0.0712. The Bertz CT molecular complexity index is 452. The third-order valence-electron chi connectivity index (χ3n) is 1.58. The van der Waals surface area contributed by atoms with E-state index in [-0.39, 0.29) is 12.2 Å². The van der Waals surface area contributed by atoms with Gasteiger partial charge in [0.2, 0.25) is 10.0 Å². The molecule has 2 N–H and O–H groups in total. The van der Waals surface area contributed by atoms with Crippen molar-refractivity contribution < 1.29 is 18.3 Å². The SMILES string of the molecule is CS(=O)(=O)NCc1ccc(C(=O)O)nc1. The molecular weight excluding hydrogens is 220 g/mol. The van der Waals surface area contributed by atoms with E-state index in [1.807, 2.05) is 0 Å². The van der Waals surface area contributed by atoms with E-state index in [0.29, 0.717) is 5.56 Å². The number of aromatic nitrogens is 1. The lowest BCUT2D eigenvalue weighted by molar-refractivity contribution is 0.0690. The van der Waals surface area contributed by atoms with Crippen LogP contribution in [0, 0.1) is 0 Å². The van der Waals surface area contributed by atoms with Gasteiger partial charge in [-0.05, 0) is 11.6 Å². The van der Waals surface area contributed by atoms with Gasteiger partial charge in [0.05, 0.1) is 6.26 Å². The fourth-order valence-electron chi connectivity index (χ4n) is 0.870. The standard InChI is InChI=1S/C8H10N2O4S/c1-15(13,14)10-5-6-2-3-7(8(11)12)9-4-6/h2-4,10H,5H2,1H3,(H,11,12). The van der Waals surface area contributed by atoms with Gasteiger partial charge in [0, 0.05) is 12.7 Å². The van der Waals surface area contributed by atoms with E-state index < -0.39 is 16.0 Å². The van der Waals surface area contributed by atoms with Crippen LogP contribution in [0.2, 0.25) is 0 Å². The molecule has 0 aliphatic carbocycles. The number of carbonyl (C=O) groups is 1. The van der Waals surface area contributed by atoms with Crippen LogP contribution in [-0.4, -0.2) is 30.7 Å². The highest BCUT2D eigenvalue weighted by Crippen LogP contribution is 2.00. The summed E-state index contributed by atoms with van der Waals surface area (Å²) >= 11 is 0. The van der Waals surface area contributed by atoms with Crippen LogP contribution in [0.5, 0.6) is 0 Å². The van der Waals surface area contributed by atoms with E-state index in [2.05, 4.69) is 9.71 Å². The average molecular weight is 230 g/mol. The Kier molecular flexibility index (Phi) is 3.38. The van der Waals surface area contributed by atoms with E-state index in [1.54, 1.807) is 0 Å². The lowest BCUT2D eigenvalue weighted by Crippen LogP contribution is -2.21. The predicted molar refractivity (Wildman–Crippen MR) is 52.9 cm³/mol. The number of hydrogen-bond acceptors (Lipinski definition) is 4. The van der Waals surface area contributed by atoms with Gasteiger partial charge in [-0.2, -0.15) is 0 Å². The van der Waals surface area contributed by atoms with Crippen molar-refractivity contribution in [2.45, 2.75) is 6.54 Å². The van der Waals surface area contributed by atoms with Crippen molar-refractivity contribution in [1.82, 2.24) is 9.71 Å². The number of carboxylic acid groups (broad SMARTS) is 1. The molecule has 0 atom stereocenters. The molecule has 1 heterocycles. The molecule has 82 valence electrons. The summed E-state index contributed by atoms with van der Waals surface area (Å²) in [5.41, 5.74) is 0.531. The summed E-state index contributed by atoms with van der Waals surface area (Å²) in [7, 11) is -3.24. The molecule has 0 fully saturated rings. The van der Waals surface area contributed by atoms with Gasteiger partial charge in [0.25, 0.3) is 0 Å². The van der Waals surface area contributed by atoms with E-state index >= 15 is 0 Å². The number of carboxylic acids is 1. The highest BCUT2D eigenvalue weighted by atomic mass is 32.2. The van der Waals surface area contributed by atoms with Crippen molar-refractivity contribution in [3.8, 4) is 0 Å². The summed E-state index contributed by atoms with van der Waals surface area (Å²) < 4.78 is 23.8. The second-order valence-corrected chi connectivity index (χ2v) is 4.78. The molecule has 0 saturated carbocycles. The Balaban J connectivity index is 2.69. The minimum atomic E-state index is -3.24. The number of aromatic carboxylic acids is 1. The molecule has 1 rings (SSSR count). The molecule has 0 saturated heterocycles. The first-order chi connectivity index (χ1) is 6.88. The molecule has 7 heteroatoms. The van der Waals surface area contributed by atoms with Crippen molar-refractivity contribution in [1.29, 1.82) is 0 Å². The van der Waals surface area contributed by atoms with Gasteiger partial charge in [0.1, 0.15) is 5.69 Å². The molecule has 0 aromatic carbocycles. The van der Waals surface area contributed by atoms with Crippen LogP contribution in [-0.2, 0) is 16.6 Å². The third kappa shape index (κ3) is 4.05. The first kappa shape index (κ1) is 11.6. The molecule has 0 bridgehead atoms. The molecule has 0 aliphatic rings. The van der Waals surface area contributed by atoms with Gasteiger partial charge in [0.15, 0.2) is 0 Å². The Labute approximate surface area is 87.0 Å². The largest absolute Gasteiger partial charge is 0.477 e. The van der Waals surface area contributed by atoms with E-state index in [0.717, 1.165) is 6.26 Å². The molecule has 15 heavy (non-hydrogen) atoms. The second-order valence-electron chi connectivity index (χ2n) is 2.95. The second kappa shape index (κ2) is 4.37. The molecule has 1 aromatic heterocycles. The van der Waals surface area contributed by atoms with Gasteiger partial charge in [-0.15, -0.1) is 0 Å². The lowest BCUT2D eigenvalue weighted by atomic mass is 10.2. The van der Waals surface area contributed by atoms with Crippen LogP contribution in [0.15, 0.2) is 18.3 Å². The van der Waals surface area contributed by atoms with Crippen molar-refractivity contribution in [3.05, 3.63) is 29.6 Å². The van der Waals surface area contributed by atoms with Gasteiger partial charge < -0.3 is 5.11 Å². The van der Waals surface area contributed by atoms with Crippen molar-refractivity contribution >= 4 is 16.0 Å². The number of nitrogens with zero attached hydrogens (tertiary/aromatic N) is 1. The van der Waals surface area contributed by atoms with Crippen molar-refractivity contribution in [2.75, 3.05) is 6.26 Å². The number of hydrogen-bond donors (Lipinski definition) is 2. The maximum atomic E-state index is 10.8. The zero-order valence-corrected chi connectivity index (χ0v) is 8.78. The van der Waals surface area contributed by atoms with Crippen LogP contribution in [0.4, 0.5) is 0 Å². The van der Waals surface area contributed by atoms with Crippen LogP contribution in [0.3, 0.4) is 0 Å². The summed E-state index contributed by atoms with van der Waals surface area (Å²) in [6.45, 7) is 0.103. The number of pyridine rings is 1.